The van der Waals surface area contributed by atoms with Gasteiger partial charge in [0.15, 0.2) is 0 Å². The molecular formula is C23H25N3O6. The highest BCUT2D eigenvalue weighted by Crippen LogP contribution is 2.41. The molecule has 168 valence electrons. The van der Waals surface area contributed by atoms with Crippen molar-refractivity contribution < 1.29 is 24.4 Å². The fraction of sp³-hybridized carbons (Fsp3) is 0.304. The minimum Gasteiger partial charge on any atom is -0.507 e. The number of rotatable bonds is 8. The fourth-order valence-electron chi connectivity index (χ4n) is 3.78. The van der Waals surface area contributed by atoms with Gasteiger partial charge in [0.05, 0.1) is 29.2 Å². The highest BCUT2D eigenvalue weighted by molar-refractivity contribution is 6.46. The smallest absolute Gasteiger partial charge is 0.295 e. The minimum absolute atomic E-state index is 0.0711. The van der Waals surface area contributed by atoms with Gasteiger partial charge in [0.2, 0.25) is 0 Å². The van der Waals surface area contributed by atoms with Crippen LogP contribution in [0.1, 0.15) is 23.6 Å². The van der Waals surface area contributed by atoms with Crippen LogP contribution in [0, 0.1) is 10.1 Å². The van der Waals surface area contributed by atoms with E-state index in [-0.39, 0.29) is 29.1 Å². The second-order valence-corrected chi connectivity index (χ2v) is 7.70. The number of nitrogens with zero attached hydrogens (tertiary/aromatic N) is 3. The Labute approximate surface area is 185 Å². The fourth-order valence-corrected chi connectivity index (χ4v) is 3.78. The van der Waals surface area contributed by atoms with Gasteiger partial charge in [-0.3, -0.25) is 19.7 Å². The van der Waals surface area contributed by atoms with Crippen molar-refractivity contribution in [3.8, 4) is 5.75 Å². The quantitative estimate of drug-likeness (QED) is 0.221. The molecule has 0 radical (unpaired) electrons. The maximum absolute atomic E-state index is 13.0. The van der Waals surface area contributed by atoms with E-state index in [9.17, 15) is 24.8 Å². The number of carbonyl (C=O) groups excluding carboxylic acids is 2. The SMILES string of the molecule is COc1ccccc1/C(O)=C1\C(=O)C(=O)N(CCCN(C)C)C1c1ccc([N+](=O)[O-])cc1. The normalized spacial score (nSPS) is 17.8. The lowest BCUT2D eigenvalue weighted by atomic mass is 9.95. The number of aliphatic hydroxyl groups excluding tert-OH is 1. The number of carbonyl (C=O) groups is 2. The van der Waals surface area contributed by atoms with Crippen LogP contribution in [-0.4, -0.2) is 65.8 Å². The van der Waals surface area contributed by atoms with Crippen LogP contribution in [-0.2, 0) is 9.59 Å². The molecule has 1 atom stereocenters. The van der Waals surface area contributed by atoms with Crippen molar-refractivity contribution in [3.63, 3.8) is 0 Å². The van der Waals surface area contributed by atoms with Crippen LogP contribution in [0.25, 0.3) is 5.76 Å². The summed E-state index contributed by atoms with van der Waals surface area (Å²) in [4.78, 5) is 39.8. The van der Waals surface area contributed by atoms with Gasteiger partial charge in [-0.2, -0.15) is 0 Å². The first kappa shape index (κ1) is 23.0. The first-order valence-electron chi connectivity index (χ1n) is 10.1. The summed E-state index contributed by atoms with van der Waals surface area (Å²) in [6.45, 7) is 0.982. The van der Waals surface area contributed by atoms with Gasteiger partial charge in [0.1, 0.15) is 11.5 Å². The van der Waals surface area contributed by atoms with Gasteiger partial charge in [-0.1, -0.05) is 12.1 Å². The van der Waals surface area contributed by atoms with E-state index < -0.39 is 22.7 Å². The molecule has 1 N–H and O–H groups in total. The molecule has 2 aromatic rings. The molecule has 1 unspecified atom stereocenters. The summed E-state index contributed by atoms with van der Waals surface area (Å²) in [5.74, 6) is -1.52. The molecule has 1 amide bonds. The zero-order chi connectivity index (χ0) is 23.4. The van der Waals surface area contributed by atoms with Crippen LogP contribution in [0.2, 0.25) is 0 Å². The van der Waals surface area contributed by atoms with Crippen molar-refractivity contribution in [2.24, 2.45) is 0 Å². The number of likely N-dealkylation sites (tertiary alicyclic amines) is 1. The van der Waals surface area contributed by atoms with Gasteiger partial charge in [-0.15, -0.1) is 0 Å². The third-order valence-electron chi connectivity index (χ3n) is 5.33. The van der Waals surface area contributed by atoms with Crippen LogP contribution >= 0.6 is 0 Å². The van der Waals surface area contributed by atoms with E-state index in [1.54, 1.807) is 24.3 Å². The molecule has 1 heterocycles. The predicted molar refractivity (Wildman–Crippen MR) is 118 cm³/mol. The molecule has 2 aromatic carbocycles. The van der Waals surface area contributed by atoms with Crippen LogP contribution < -0.4 is 4.74 Å². The summed E-state index contributed by atoms with van der Waals surface area (Å²) < 4.78 is 5.30. The molecule has 1 saturated heterocycles. The Bertz CT molecular complexity index is 1060. The molecule has 1 aliphatic rings. The molecule has 1 aliphatic heterocycles. The van der Waals surface area contributed by atoms with Crippen molar-refractivity contribution in [1.29, 1.82) is 0 Å². The number of nitro benzene ring substituents is 1. The summed E-state index contributed by atoms with van der Waals surface area (Å²) in [6.07, 6.45) is 0.609. The van der Waals surface area contributed by atoms with Gasteiger partial charge in [-0.25, -0.2) is 0 Å². The van der Waals surface area contributed by atoms with Crippen LogP contribution in [0.5, 0.6) is 5.75 Å². The van der Waals surface area contributed by atoms with E-state index in [0.717, 1.165) is 0 Å². The van der Waals surface area contributed by atoms with E-state index in [0.29, 0.717) is 24.3 Å². The zero-order valence-corrected chi connectivity index (χ0v) is 18.1. The average Bonchev–Trinajstić information content (AvgIpc) is 3.03. The van der Waals surface area contributed by atoms with E-state index in [1.165, 1.54) is 36.3 Å². The third kappa shape index (κ3) is 4.47. The van der Waals surface area contributed by atoms with Gasteiger partial charge < -0.3 is 19.6 Å². The monoisotopic (exact) mass is 439 g/mol. The zero-order valence-electron chi connectivity index (χ0n) is 18.1. The predicted octanol–water partition coefficient (Wildman–Crippen LogP) is 2.98. The number of aliphatic hydroxyl groups is 1. The molecule has 3 rings (SSSR count). The average molecular weight is 439 g/mol. The first-order chi connectivity index (χ1) is 15.3. The first-order valence-corrected chi connectivity index (χ1v) is 10.1. The standard InChI is InChI=1S/C23H25N3O6/c1-24(2)13-6-14-25-20(15-9-11-16(12-10-15)26(30)31)19(22(28)23(25)29)21(27)17-7-4-5-8-18(17)32-3/h4-5,7-12,20,27H,6,13-14H2,1-3H3/b21-19+. The van der Waals surface area contributed by atoms with Crippen molar-refractivity contribution in [2.75, 3.05) is 34.3 Å². The number of nitro groups is 1. The third-order valence-corrected chi connectivity index (χ3v) is 5.33. The number of Topliss-reactive ketones (excluding diaryl/α,β-unsaturated/α-hetero) is 1. The van der Waals surface area contributed by atoms with Gasteiger partial charge >= 0.3 is 0 Å². The second kappa shape index (κ2) is 9.61. The lowest BCUT2D eigenvalue weighted by Gasteiger charge is -2.26. The van der Waals surface area contributed by atoms with Gasteiger partial charge in [0, 0.05) is 18.7 Å². The van der Waals surface area contributed by atoms with Crippen LogP contribution in [0.3, 0.4) is 0 Å². The Hall–Kier alpha value is -3.72. The number of methoxy groups -OCH3 is 1. The molecular weight excluding hydrogens is 414 g/mol. The lowest BCUT2D eigenvalue weighted by molar-refractivity contribution is -0.384. The van der Waals surface area contributed by atoms with Gasteiger partial charge in [-0.05, 0) is 56.9 Å². The van der Waals surface area contributed by atoms with Crippen molar-refractivity contribution in [3.05, 3.63) is 75.3 Å². The maximum atomic E-state index is 13.0. The summed E-state index contributed by atoms with van der Waals surface area (Å²) in [5, 5.41) is 22.2. The number of non-ortho nitro benzene ring substituents is 1. The Morgan fingerprint density at radius 1 is 1.16 bits per heavy atom. The molecule has 9 nitrogen and oxygen atoms in total. The highest BCUT2D eigenvalue weighted by atomic mass is 16.6. The molecule has 0 spiro atoms. The van der Waals surface area contributed by atoms with E-state index in [1.807, 2.05) is 19.0 Å². The molecule has 0 bridgehead atoms. The molecule has 9 heteroatoms. The number of amides is 1. The van der Waals surface area contributed by atoms with Crippen molar-refractivity contribution >= 4 is 23.1 Å². The topological polar surface area (TPSA) is 113 Å². The number of hydrogen-bond donors (Lipinski definition) is 1. The van der Waals surface area contributed by atoms with Crippen molar-refractivity contribution in [1.82, 2.24) is 9.80 Å². The lowest BCUT2D eigenvalue weighted by Crippen LogP contribution is -2.32. The number of hydrogen-bond acceptors (Lipinski definition) is 7. The number of ether oxygens (including phenoxy) is 1. The van der Waals surface area contributed by atoms with E-state index in [4.69, 9.17) is 4.74 Å². The Morgan fingerprint density at radius 3 is 2.41 bits per heavy atom. The summed E-state index contributed by atoms with van der Waals surface area (Å²) >= 11 is 0. The maximum Gasteiger partial charge on any atom is 0.295 e. The van der Waals surface area contributed by atoms with E-state index in [2.05, 4.69) is 0 Å². The largest absolute Gasteiger partial charge is 0.507 e. The number of para-hydroxylation sites is 1. The minimum atomic E-state index is -0.872. The summed E-state index contributed by atoms with van der Waals surface area (Å²) in [7, 11) is 5.26. The summed E-state index contributed by atoms with van der Waals surface area (Å²) in [6, 6.07) is 11.4. The summed E-state index contributed by atoms with van der Waals surface area (Å²) in [5.41, 5.74) is 0.602. The van der Waals surface area contributed by atoms with E-state index >= 15 is 0 Å². The molecule has 0 aromatic heterocycles. The Morgan fingerprint density at radius 2 is 1.81 bits per heavy atom. The molecule has 32 heavy (non-hydrogen) atoms. The number of ketones is 1. The Kier molecular flexibility index (Phi) is 6.89. The van der Waals surface area contributed by atoms with Crippen LogP contribution in [0.15, 0.2) is 54.1 Å². The number of benzene rings is 2. The molecule has 0 saturated carbocycles. The molecule has 1 fully saturated rings. The van der Waals surface area contributed by atoms with Gasteiger partial charge in [0.25, 0.3) is 17.4 Å². The van der Waals surface area contributed by atoms with Crippen molar-refractivity contribution in [2.45, 2.75) is 12.5 Å². The second-order valence-electron chi connectivity index (χ2n) is 7.70. The highest BCUT2D eigenvalue weighted by Gasteiger charge is 2.46. The van der Waals surface area contributed by atoms with Crippen LogP contribution in [0.4, 0.5) is 5.69 Å². The molecule has 0 aliphatic carbocycles. The Balaban J connectivity index is 2.13.